The molecule has 0 saturated carbocycles. The summed E-state index contributed by atoms with van der Waals surface area (Å²) in [6, 6.07) is 2.27. The highest BCUT2D eigenvalue weighted by Crippen LogP contribution is 2.42. The van der Waals surface area contributed by atoms with Crippen molar-refractivity contribution >= 4 is 39.0 Å². The highest BCUT2D eigenvalue weighted by Gasteiger charge is 2.48. The predicted octanol–water partition coefficient (Wildman–Crippen LogP) is 3.41. The summed E-state index contributed by atoms with van der Waals surface area (Å²) >= 11 is 7.60. The zero-order chi connectivity index (χ0) is 18.4. The SMILES string of the molecule is CCc1cc2c(N3CCC4(CN(Cc5cnc(Cl)cn5)C4)C3)ncnc2s1. The Hall–Kier alpha value is -1.83. The predicted molar refractivity (Wildman–Crippen MR) is 108 cm³/mol. The lowest BCUT2D eigenvalue weighted by molar-refractivity contribution is 0.0107. The standard InChI is InChI=1S/C19H21ClN6S/c1-2-14-5-15-17(23-12-24-18(15)27-14)26-4-3-19(11-26)9-25(10-19)8-13-6-22-16(20)7-21-13/h5-7,12H,2-4,8-11H2,1H3. The summed E-state index contributed by atoms with van der Waals surface area (Å²) in [5.41, 5.74) is 1.35. The van der Waals surface area contributed by atoms with Crippen molar-refractivity contribution in [1.29, 1.82) is 0 Å². The molecule has 8 heteroatoms. The van der Waals surface area contributed by atoms with E-state index in [9.17, 15) is 0 Å². The van der Waals surface area contributed by atoms with E-state index in [1.165, 1.54) is 16.7 Å². The van der Waals surface area contributed by atoms with Crippen LogP contribution in [0.2, 0.25) is 5.15 Å². The van der Waals surface area contributed by atoms with Crippen LogP contribution in [0.15, 0.2) is 24.8 Å². The minimum atomic E-state index is 0.376. The van der Waals surface area contributed by atoms with Crippen molar-refractivity contribution in [1.82, 2.24) is 24.8 Å². The molecule has 0 unspecified atom stereocenters. The van der Waals surface area contributed by atoms with Gasteiger partial charge in [0.1, 0.15) is 22.1 Å². The number of hydrogen-bond acceptors (Lipinski definition) is 7. The van der Waals surface area contributed by atoms with Gasteiger partial charge in [0.05, 0.1) is 23.5 Å². The van der Waals surface area contributed by atoms with Gasteiger partial charge in [-0.05, 0) is 18.9 Å². The molecule has 27 heavy (non-hydrogen) atoms. The average molecular weight is 401 g/mol. The maximum Gasteiger partial charge on any atom is 0.147 e. The van der Waals surface area contributed by atoms with E-state index in [4.69, 9.17) is 11.6 Å². The second kappa shape index (κ2) is 6.65. The van der Waals surface area contributed by atoms with Crippen LogP contribution in [0.1, 0.15) is 23.9 Å². The van der Waals surface area contributed by atoms with Gasteiger partial charge >= 0.3 is 0 Å². The number of aromatic nitrogens is 4. The van der Waals surface area contributed by atoms with Crippen molar-refractivity contribution in [2.45, 2.75) is 26.3 Å². The number of nitrogens with zero attached hydrogens (tertiary/aromatic N) is 6. The van der Waals surface area contributed by atoms with Crippen LogP contribution in [0, 0.1) is 5.41 Å². The zero-order valence-electron chi connectivity index (χ0n) is 15.2. The summed E-state index contributed by atoms with van der Waals surface area (Å²) in [7, 11) is 0. The summed E-state index contributed by atoms with van der Waals surface area (Å²) in [5, 5.41) is 1.66. The maximum absolute atomic E-state index is 5.82. The third-order valence-corrected chi connectivity index (χ3v) is 7.01. The molecule has 0 aromatic carbocycles. The Balaban J connectivity index is 1.27. The number of fused-ring (bicyclic) bond motifs is 1. The number of rotatable bonds is 4. The van der Waals surface area contributed by atoms with Gasteiger partial charge in [0.2, 0.25) is 0 Å². The molecule has 0 bridgehead atoms. The Morgan fingerprint density at radius 1 is 1.15 bits per heavy atom. The summed E-state index contributed by atoms with van der Waals surface area (Å²) < 4.78 is 0. The van der Waals surface area contributed by atoms with E-state index in [-0.39, 0.29) is 0 Å². The van der Waals surface area contributed by atoms with Crippen molar-refractivity contribution in [3.63, 3.8) is 0 Å². The van der Waals surface area contributed by atoms with Crippen LogP contribution in [0.5, 0.6) is 0 Å². The van der Waals surface area contributed by atoms with Gasteiger partial charge in [-0.15, -0.1) is 11.3 Å². The summed E-state index contributed by atoms with van der Waals surface area (Å²) in [4.78, 5) is 25.0. The number of likely N-dealkylation sites (tertiary alicyclic amines) is 1. The number of anilines is 1. The van der Waals surface area contributed by atoms with E-state index in [1.807, 2.05) is 0 Å². The first-order valence-corrected chi connectivity index (χ1v) is 10.5. The Bertz CT molecular complexity index is 966. The smallest absolute Gasteiger partial charge is 0.147 e. The zero-order valence-corrected chi connectivity index (χ0v) is 16.8. The molecule has 140 valence electrons. The van der Waals surface area contributed by atoms with Crippen LogP contribution in [-0.2, 0) is 13.0 Å². The Kier molecular flexibility index (Phi) is 4.26. The van der Waals surface area contributed by atoms with Crippen LogP contribution in [-0.4, -0.2) is 51.0 Å². The van der Waals surface area contributed by atoms with Crippen LogP contribution in [0.3, 0.4) is 0 Å². The molecule has 2 saturated heterocycles. The van der Waals surface area contributed by atoms with Gasteiger partial charge in [0.25, 0.3) is 0 Å². The Labute approximate surface area is 167 Å². The van der Waals surface area contributed by atoms with Gasteiger partial charge in [-0.1, -0.05) is 18.5 Å². The van der Waals surface area contributed by atoms with E-state index < -0.39 is 0 Å². The van der Waals surface area contributed by atoms with Gasteiger partial charge in [-0.2, -0.15) is 0 Å². The minimum Gasteiger partial charge on any atom is -0.355 e. The van der Waals surface area contributed by atoms with E-state index >= 15 is 0 Å². The Morgan fingerprint density at radius 3 is 2.81 bits per heavy atom. The van der Waals surface area contributed by atoms with Gasteiger partial charge in [-0.25, -0.2) is 15.0 Å². The number of aryl methyl sites for hydroxylation is 1. The molecule has 2 aliphatic heterocycles. The van der Waals surface area contributed by atoms with Crippen molar-refractivity contribution in [3.05, 3.63) is 40.5 Å². The summed E-state index contributed by atoms with van der Waals surface area (Å²) in [6.45, 7) is 7.37. The molecule has 5 rings (SSSR count). The fourth-order valence-corrected chi connectivity index (χ4v) is 5.38. The first kappa shape index (κ1) is 17.3. The lowest BCUT2D eigenvalue weighted by Gasteiger charge is -2.48. The van der Waals surface area contributed by atoms with E-state index in [2.05, 4.69) is 42.7 Å². The first-order valence-electron chi connectivity index (χ1n) is 9.31. The van der Waals surface area contributed by atoms with E-state index in [0.29, 0.717) is 10.6 Å². The van der Waals surface area contributed by atoms with Gasteiger partial charge < -0.3 is 4.90 Å². The third kappa shape index (κ3) is 3.17. The number of hydrogen-bond donors (Lipinski definition) is 0. The molecular weight excluding hydrogens is 380 g/mol. The Morgan fingerprint density at radius 2 is 2.04 bits per heavy atom. The quantitative estimate of drug-likeness (QED) is 0.668. The van der Waals surface area contributed by atoms with Crippen molar-refractivity contribution < 1.29 is 0 Å². The molecule has 5 heterocycles. The molecule has 0 radical (unpaired) electrons. The molecule has 6 nitrogen and oxygen atoms in total. The lowest BCUT2D eigenvalue weighted by atomic mass is 9.79. The van der Waals surface area contributed by atoms with Crippen LogP contribution in [0.25, 0.3) is 10.2 Å². The van der Waals surface area contributed by atoms with Crippen molar-refractivity contribution in [2.24, 2.45) is 5.41 Å². The van der Waals surface area contributed by atoms with Gasteiger partial charge in [0, 0.05) is 43.0 Å². The molecule has 3 aromatic heterocycles. The second-order valence-corrected chi connectivity index (χ2v) is 9.13. The average Bonchev–Trinajstić information content (AvgIpc) is 3.27. The van der Waals surface area contributed by atoms with Crippen molar-refractivity contribution in [2.75, 3.05) is 31.1 Å². The molecule has 0 atom stereocenters. The molecular formula is C19H21ClN6S. The molecule has 0 amide bonds. The highest BCUT2D eigenvalue weighted by molar-refractivity contribution is 7.18. The molecule has 2 fully saturated rings. The molecule has 0 N–H and O–H groups in total. The monoisotopic (exact) mass is 400 g/mol. The highest BCUT2D eigenvalue weighted by atomic mass is 35.5. The topological polar surface area (TPSA) is 58.0 Å². The lowest BCUT2D eigenvalue weighted by Crippen LogP contribution is -2.57. The fraction of sp³-hybridized carbons (Fsp3) is 0.474. The molecule has 0 aliphatic carbocycles. The van der Waals surface area contributed by atoms with Crippen LogP contribution < -0.4 is 4.90 Å². The minimum absolute atomic E-state index is 0.376. The van der Waals surface area contributed by atoms with E-state index in [0.717, 1.165) is 55.5 Å². The molecule has 1 spiro atoms. The summed E-state index contributed by atoms with van der Waals surface area (Å²) in [5.74, 6) is 1.11. The van der Waals surface area contributed by atoms with Crippen molar-refractivity contribution in [3.8, 4) is 0 Å². The van der Waals surface area contributed by atoms with Gasteiger partial charge in [0.15, 0.2) is 0 Å². The summed E-state index contributed by atoms with van der Waals surface area (Å²) in [6.07, 6.45) is 7.37. The number of thiophene rings is 1. The number of halogens is 1. The third-order valence-electron chi connectivity index (χ3n) is 5.62. The largest absolute Gasteiger partial charge is 0.355 e. The van der Waals surface area contributed by atoms with Gasteiger partial charge in [-0.3, -0.25) is 9.88 Å². The maximum atomic E-state index is 5.82. The fourth-order valence-electron chi connectivity index (χ4n) is 4.36. The first-order chi connectivity index (χ1) is 13.1. The van der Waals surface area contributed by atoms with Crippen LogP contribution >= 0.6 is 22.9 Å². The van der Waals surface area contributed by atoms with Crippen LogP contribution in [0.4, 0.5) is 5.82 Å². The molecule has 3 aromatic rings. The molecule has 2 aliphatic rings. The van der Waals surface area contributed by atoms with E-state index in [1.54, 1.807) is 30.1 Å². The normalized spacial score (nSPS) is 19.1. The second-order valence-electron chi connectivity index (χ2n) is 7.63.